The van der Waals surface area contributed by atoms with Crippen molar-refractivity contribution in [2.24, 2.45) is 22.7 Å². The van der Waals surface area contributed by atoms with Gasteiger partial charge in [-0.25, -0.2) is 13.6 Å². The third-order valence-electron chi connectivity index (χ3n) is 3.08. The van der Waals surface area contributed by atoms with E-state index in [1.54, 1.807) is 12.1 Å². The first-order valence-corrected chi connectivity index (χ1v) is 8.40. The van der Waals surface area contributed by atoms with Crippen molar-refractivity contribution in [3.8, 4) is 0 Å². The second-order valence-corrected chi connectivity index (χ2v) is 7.05. The molecule has 0 spiro atoms. The lowest BCUT2D eigenvalue weighted by atomic mass is 9.94. The van der Waals surface area contributed by atoms with E-state index in [1.165, 1.54) is 12.1 Å². The Kier molecular flexibility index (Phi) is 6.32. The molecule has 0 aliphatic rings. The number of carbonyl (C=O) groups excluding carboxylic acids is 1. The molecule has 0 aromatic heterocycles. The van der Waals surface area contributed by atoms with E-state index in [-0.39, 0.29) is 28.8 Å². The first kappa shape index (κ1) is 17.6. The Morgan fingerprint density at radius 1 is 1.29 bits per heavy atom. The first-order chi connectivity index (χ1) is 9.74. The Morgan fingerprint density at radius 3 is 2.43 bits per heavy atom. The highest BCUT2D eigenvalue weighted by Gasteiger charge is 2.18. The molecule has 6 nitrogen and oxygen atoms in total. The van der Waals surface area contributed by atoms with Gasteiger partial charge in [-0.05, 0) is 36.9 Å². The van der Waals surface area contributed by atoms with E-state index in [0.717, 1.165) is 6.42 Å². The molecule has 7 heteroatoms. The molecule has 1 aromatic rings. The summed E-state index contributed by atoms with van der Waals surface area (Å²) in [5.74, 6) is 0.261. The molecule has 0 radical (unpaired) electrons. The molecule has 5 N–H and O–H groups in total. The molecule has 1 atom stereocenters. The van der Waals surface area contributed by atoms with Crippen molar-refractivity contribution < 1.29 is 13.2 Å². The van der Waals surface area contributed by atoms with Crippen LogP contribution in [0, 0.1) is 11.8 Å². The molecule has 0 bridgehead atoms. The number of benzene rings is 1. The molecule has 0 fully saturated rings. The normalized spacial score (nSPS) is 13.2. The quantitative estimate of drug-likeness (QED) is 0.703. The fourth-order valence-corrected chi connectivity index (χ4v) is 2.90. The van der Waals surface area contributed by atoms with Crippen LogP contribution in [0.1, 0.15) is 26.7 Å². The van der Waals surface area contributed by atoms with Crippen LogP contribution in [0.5, 0.6) is 0 Å². The third-order valence-corrected chi connectivity index (χ3v) is 4.05. The molecule has 0 heterocycles. The second kappa shape index (κ2) is 7.53. The number of nitrogens with two attached hydrogens (primary N) is 2. The van der Waals surface area contributed by atoms with E-state index >= 15 is 0 Å². The highest BCUT2D eigenvalue weighted by atomic mass is 32.2. The summed E-state index contributed by atoms with van der Waals surface area (Å²) in [6.45, 7) is 4.55. The number of sulfonamides is 1. The van der Waals surface area contributed by atoms with Crippen molar-refractivity contribution in [3.05, 3.63) is 24.3 Å². The number of nitrogens with one attached hydrogen (secondary N) is 1. The number of amides is 1. The largest absolute Gasteiger partial charge is 0.330 e. The van der Waals surface area contributed by atoms with Gasteiger partial charge >= 0.3 is 0 Å². The van der Waals surface area contributed by atoms with Crippen molar-refractivity contribution in [1.82, 2.24) is 0 Å². The molecule has 0 saturated heterocycles. The summed E-state index contributed by atoms with van der Waals surface area (Å²) >= 11 is 0. The van der Waals surface area contributed by atoms with E-state index in [2.05, 4.69) is 19.2 Å². The van der Waals surface area contributed by atoms with Crippen LogP contribution in [-0.2, 0) is 14.8 Å². The number of hydrogen-bond donors (Lipinski definition) is 3. The van der Waals surface area contributed by atoms with E-state index in [9.17, 15) is 13.2 Å². The van der Waals surface area contributed by atoms with Gasteiger partial charge in [0.05, 0.1) is 5.69 Å². The van der Waals surface area contributed by atoms with Gasteiger partial charge in [0.1, 0.15) is 4.90 Å². The zero-order valence-electron chi connectivity index (χ0n) is 12.4. The molecule has 0 saturated carbocycles. The van der Waals surface area contributed by atoms with Gasteiger partial charge in [0.15, 0.2) is 0 Å². The number of anilines is 1. The molecule has 118 valence electrons. The molecular formula is C14H23N3O3S. The van der Waals surface area contributed by atoms with Crippen molar-refractivity contribution in [2.45, 2.75) is 31.6 Å². The summed E-state index contributed by atoms with van der Waals surface area (Å²) in [6.07, 6.45) is 1.11. The summed E-state index contributed by atoms with van der Waals surface area (Å²) in [6, 6.07) is 6.06. The lowest BCUT2D eigenvalue weighted by molar-refractivity contribution is -0.117. The monoisotopic (exact) mass is 313 g/mol. The molecular weight excluding hydrogens is 290 g/mol. The standard InChI is InChI=1S/C14H23N3O3S/c1-10(2)7-11(9-15)8-14(18)17-12-5-3-4-6-13(12)21(16,19)20/h3-6,10-11H,7-9,15H2,1-2H3,(H,17,18)(H2,16,19,20)/t11-/m0/s1. The van der Waals surface area contributed by atoms with Gasteiger partial charge in [0.25, 0.3) is 0 Å². The molecule has 0 unspecified atom stereocenters. The number of primary sulfonamides is 1. The average Bonchev–Trinajstić information content (AvgIpc) is 2.36. The van der Waals surface area contributed by atoms with Crippen molar-refractivity contribution in [3.63, 3.8) is 0 Å². The van der Waals surface area contributed by atoms with Gasteiger partial charge in [-0.3, -0.25) is 4.79 Å². The average molecular weight is 313 g/mol. The molecule has 1 aromatic carbocycles. The summed E-state index contributed by atoms with van der Waals surface area (Å²) in [7, 11) is -3.87. The second-order valence-electron chi connectivity index (χ2n) is 5.52. The van der Waals surface area contributed by atoms with Crippen LogP contribution in [0.15, 0.2) is 29.2 Å². The highest BCUT2D eigenvalue weighted by Crippen LogP contribution is 2.21. The number of para-hydroxylation sites is 1. The van der Waals surface area contributed by atoms with E-state index in [0.29, 0.717) is 12.5 Å². The van der Waals surface area contributed by atoms with E-state index < -0.39 is 10.0 Å². The minimum Gasteiger partial charge on any atom is -0.330 e. The summed E-state index contributed by atoms with van der Waals surface area (Å²) in [4.78, 5) is 11.9. The lowest BCUT2D eigenvalue weighted by Gasteiger charge is -2.17. The lowest BCUT2D eigenvalue weighted by Crippen LogP contribution is -2.24. The Hall–Kier alpha value is -1.44. The molecule has 0 aliphatic heterocycles. The Morgan fingerprint density at radius 2 is 1.90 bits per heavy atom. The predicted molar refractivity (Wildman–Crippen MR) is 83.1 cm³/mol. The molecule has 0 aliphatic carbocycles. The van der Waals surface area contributed by atoms with Crippen LogP contribution in [0.3, 0.4) is 0 Å². The van der Waals surface area contributed by atoms with Crippen molar-refractivity contribution >= 4 is 21.6 Å². The maximum atomic E-state index is 12.0. The van der Waals surface area contributed by atoms with Crippen LogP contribution in [0.4, 0.5) is 5.69 Å². The molecule has 1 rings (SSSR count). The SMILES string of the molecule is CC(C)C[C@H](CN)CC(=O)Nc1ccccc1S(N)(=O)=O. The highest BCUT2D eigenvalue weighted by molar-refractivity contribution is 7.89. The minimum atomic E-state index is -3.87. The van der Waals surface area contributed by atoms with Gasteiger partial charge in [-0.15, -0.1) is 0 Å². The maximum absolute atomic E-state index is 12.0. The zero-order chi connectivity index (χ0) is 16.0. The van der Waals surface area contributed by atoms with Crippen LogP contribution in [0.25, 0.3) is 0 Å². The van der Waals surface area contributed by atoms with Crippen LogP contribution < -0.4 is 16.2 Å². The Bertz CT molecular complexity index is 585. The number of hydrogen-bond acceptors (Lipinski definition) is 4. The predicted octanol–water partition coefficient (Wildman–Crippen LogP) is 1.28. The summed E-state index contributed by atoms with van der Waals surface area (Å²) < 4.78 is 22.9. The van der Waals surface area contributed by atoms with Crippen molar-refractivity contribution in [2.75, 3.05) is 11.9 Å². The maximum Gasteiger partial charge on any atom is 0.240 e. The smallest absolute Gasteiger partial charge is 0.240 e. The number of rotatable bonds is 7. The van der Waals surface area contributed by atoms with Gasteiger partial charge in [-0.1, -0.05) is 26.0 Å². The van der Waals surface area contributed by atoms with Gasteiger partial charge < -0.3 is 11.1 Å². The molecule has 21 heavy (non-hydrogen) atoms. The fourth-order valence-electron chi connectivity index (χ4n) is 2.21. The Balaban J connectivity index is 2.80. The molecule has 1 amide bonds. The minimum absolute atomic E-state index is 0.0756. The first-order valence-electron chi connectivity index (χ1n) is 6.85. The van der Waals surface area contributed by atoms with Gasteiger partial charge in [0, 0.05) is 6.42 Å². The van der Waals surface area contributed by atoms with Gasteiger partial charge in [0.2, 0.25) is 15.9 Å². The zero-order valence-corrected chi connectivity index (χ0v) is 13.2. The fraction of sp³-hybridized carbons (Fsp3) is 0.500. The Labute approximate surface area is 126 Å². The topological polar surface area (TPSA) is 115 Å². The van der Waals surface area contributed by atoms with E-state index in [1.807, 2.05) is 0 Å². The van der Waals surface area contributed by atoms with Crippen LogP contribution >= 0.6 is 0 Å². The number of carbonyl (C=O) groups is 1. The van der Waals surface area contributed by atoms with Crippen molar-refractivity contribution in [1.29, 1.82) is 0 Å². The summed E-state index contributed by atoms with van der Waals surface area (Å²) in [5, 5.41) is 7.73. The van der Waals surface area contributed by atoms with Crippen LogP contribution in [-0.4, -0.2) is 20.9 Å². The third kappa shape index (κ3) is 5.82. The van der Waals surface area contributed by atoms with E-state index in [4.69, 9.17) is 10.9 Å². The summed E-state index contributed by atoms with van der Waals surface area (Å²) in [5.41, 5.74) is 5.87. The van der Waals surface area contributed by atoms with Gasteiger partial charge in [-0.2, -0.15) is 0 Å². The van der Waals surface area contributed by atoms with Crippen LogP contribution in [0.2, 0.25) is 0 Å².